The van der Waals surface area contributed by atoms with E-state index in [0.29, 0.717) is 35.9 Å². The Morgan fingerprint density at radius 2 is 2.00 bits per heavy atom. The Hall–Kier alpha value is -1.58. The Labute approximate surface area is 162 Å². The smallest absolute Gasteiger partial charge is 0.226 e. The first-order valence-electron chi connectivity index (χ1n) is 10.2. The standard InChI is InChI=1S/C20H23N3O5/c1-7-16(24)12-11(17(25)18(7)26-2)10-6-28-20-9-5-8-13(21-9)15(23(10)20)14(12)22-3-4-27-19(8)22/h8-10,13-15,19-21H,3-6H2,1-2H3/t8-,9-,10?,13?,14?,15?,19?,20?/m0/s1. The predicted molar refractivity (Wildman–Crippen MR) is 95.0 cm³/mol. The molecule has 1 N–H and O–H groups in total. The van der Waals surface area contributed by atoms with Crippen molar-refractivity contribution in [3.8, 4) is 0 Å². The highest BCUT2D eigenvalue weighted by atomic mass is 16.5. The van der Waals surface area contributed by atoms with Crippen LogP contribution in [0.25, 0.3) is 0 Å². The van der Waals surface area contributed by atoms with Gasteiger partial charge in [-0.25, -0.2) is 0 Å². The molecular formula is C20H23N3O5. The minimum absolute atomic E-state index is 0.00471. The summed E-state index contributed by atoms with van der Waals surface area (Å²) in [6, 6.07) is 0.339. The second kappa shape index (κ2) is 5.12. The molecule has 0 saturated carbocycles. The summed E-state index contributed by atoms with van der Waals surface area (Å²) in [6.45, 7) is 3.63. The SMILES string of the molecule is COC1=C(C)C(=O)C2=C(C1=O)C1COC3[C@@H]4C[C@H]5C(N4)C(C2N2CCOC52)N13. The number of ketones is 2. The number of piperidine rings is 1. The Morgan fingerprint density at radius 1 is 1.14 bits per heavy atom. The third-order valence-corrected chi connectivity index (χ3v) is 8.04. The number of allylic oxidation sites excluding steroid dienone is 2. The second-order valence-electron chi connectivity index (χ2n) is 8.96. The average molecular weight is 385 g/mol. The molecule has 8 nitrogen and oxygen atoms in total. The molecule has 8 heteroatoms. The molecule has 1 aliphatic carbocycles. The summed E-state index contributed by atoms with van der Waals surface area (Å²) in [5.74, 6) is 0.383. The van der Waals surface area contributed by atoms with Gasteiger partial charge in [-0.05, 0) is 13.3 Å². The lowest BCUT2D eigenvalue weighted by Crippen LogP contribution is -2.76. The summed E-state index contributed by atoms with van der Waals surface area (Å²) in [5, 5.41) is 3.79. The zero-order valence-corrected chi connectivity index (χ0v) is 15.9. The van der Waals surface area contributed by atoms with Gasteiger partial charge in [-0.15, -0.1) is 0 Å². The van der Waals surface area contributed by atoms with Gasteiger partial charge in [0.2, 0.25) is 5.78 Å². The molecule has 5 fully saturated rings. The molecule has 28 heavy (non-hydrogen) atoms. The number of fused-ring (bicyclic) bond motifs is 7. The molecule has 6 unspecified atom stereocenters. The van der Waals surface area contributed by atoms with Gasteiger partial charge in [-0.1, -0.05) is 0 Å². The first kappa shape index (κ1) is 16.2. The number of hydrogen-bond donors (Lipinski definition) is 1. The van der Waals surface area contributed by atoms with Gasteiger partial charge < -0.3 is 19.5 Å². The van der Waals surface area contributed by atoms with Crippen molar-refractivity contribution in [1.29, 1.82) is 0 Å². The van der Waals surface area contributed by atoms with Gasteiger partial charge in [-0.3, -0.25) is 19.4 Å². The maximum Gasteiger partial charge on any atom is 0.226 e. The Bertz CT molecular complexity index is 896. The van der Waals surface area contributed by atoms with Crippen LogP contribution in [-0.2, 0) is 23.8 Å². The number of nitrogens with one attached hydrogen (secondary N) is 1. The zero-order chi connectivity index (χ0) is 18.9. The molecule has 0 aromatic heterocycles. The number of piperazine rings is 1. The van der Waals surface area contributed by atoms with Crippen LogP contribution in [0, 0.1) is 5.92 Å². The van der Waals surface area contributed by atoms with Crippen molar-refractivity contribution in [3.63, 3.8) is 0 Å². The van der Waals surface area contributed by atoms with E-state index < -0.39 is 0 Å². The molecule has 148 valence electrons. The number of carbonyl (C=O) groups excluding carboxylic acids is 2. The third kappa shape index (κ3) is 1.60. The molecule has 0 radical (unpaired) electrons. The molecule has 0 aromatic rings. The van der Waals surface area contributed by atoms with Crippen LogP contribution in [0.2, 0.25) is 0 Å². The van der Waals surface area contributed by atoms with Crippen molar-refractivity contribution >= 4 is 11.6 Å². The largest absolute Gasteiger partial charge is 0.492 e. The number of Topliss-reactive ketones (excluding diaryl/α,β-unsaturated/α-hetero) is 2. The highest BCUT2D eigenvalue weighted by Crippen LogP contribution is 2.54. The molecule has 2 bridgehead atoms. The lowest BCUT2D eigenvalue weighted by atomic mass is 9.70. The molecule has 0 amide bonds. The van der Waals surface area contributed by atoms with E-state index in [4.69, 9.17) is 14.2 Å². The number of nitrogens with zero attached hydrogens (tertiary/aromatic N) is 2. The first-order chi connectivity index (χ1) is 13.6. The lowest BCUT2D eigenvalue weighted by molar-refractivity contribution is -0.133. The van der Waals surface area contributed by atoms with E-state index >= 15 is 0 Å². The molecule has 6 heterocycles. The van der Waals surface area contributed by atoms with Crippen LogP contribution in [0.3, 0.4) is 0 Å². The number of hydrogen-bond acceptors (Lipinski definition) is 8. The van der Waals surface area contributed by atoms with Crippen LogP contribution in [-0.4, -0.2) is 90.9 Å². The van der Waals surface area contributed by atoms with Crippen LogP contribution in [0.15, 0.2) is 22.5 Å². The maximum atomic E-state index is 13.5. The zero-order valence-electron chi connectivity index (χ0n) is 15.9. The monoisotopic (exact) mass is 385 g/mol. The van der Waals surface area contributed by atoms with Crippen LogP contribution in [0.1, 0.15) is 13.3 Å². The molecule has 7 aliphatic rings. The fourth-order valence-corrected chi connectivity index (χ4v) is 7.16. The topological polar surface area (TPSA) is 80.3 Å². The summed E-state index contributed by atoms with van der Waals surface area (Å²) in [4.78, 5) is 31.7. The number of ether oxygens (including phenoxy) is 3. The lowest BCUT2D eigenvalue weighted by Gasteiger charge is -2.58. The van der Waals surface area contributed by atoms with Gasteiger partial charge in [0.25, 0.3) is 0 Å². The Morgan fingerprint density at radius 3 is 2.82 bits per heavy atom. The summed E-state index contributed by atoms with van der Waals surface area (Å²) >= 11 is 0. The van der Waals surface area contributed by atoms with Crippen molar-refractivity contribution in [2.75, 3.05) is 26.9 Å². The van der Waals surface area contributed by atoms with Crippen molar-refractivity contribution in [1.82, 2.24) is 15.1 Å². The average Bonchev–Trinajstić information content (AvgIpc) is 3.40. The van der Waals surface area contributed by atoms with Crippen LogP contribution in [0.5, 0.6) is 0 Å². The van der Waals surface area contributed by atoms with Gasteiger partial charge >= 0.3 is 0 Å². The van der Waals surface area contributed by atoms with Crippen LogP contribution in [0.4, 0.5) is 0 Å². The molecule has 0 aromatic carbocycles. The van der Waals surface area contributed by atoms with Crippen LogP contribution < -0.4 is 5.32 Å². The summed E-state index contributed by atoms with van der Waals surface area (Å²) in [7, 11) is 1.47. The molecule has 0 spiro atoms. The van der Waals surface area contributed by atoms with Gasteiger partial charge in [0.05, 0.1) is 32.4 Å². The van der Waals surface area contributed by atoms with Crippen molar-refractivity contribution < 1.29 is 23.8 Å². The van der Waals surface area contributed by atoms with E-state index in [-0.39, 0.29) is 60.0 Å². The summed E-state index contributed by atoms with van der Waals surface area (Å²) < 4.78 is 17.7. The molecule has 8 atom stereocenters. The summed E-state index contributed by atoms with van der Waals surface area (Å²) in [5.41, 5.74) is 1.68. The Kier molecular flexibility index (Phi) is 2.97. The molecule has 5 saturated heterocycles. The fraction of sp³-hybridized carbons (Fsp3) is 0.700. The van der Waals surface area contributed by atoms with Gasteiger partial charge in [0.1, 0.15) is 12.5 Å². The van der Waals surface area contributed by atoms with Crippen molar-refractivity contribution in [2.45, 2.75) is 56.0 Å². The van der Waals surface area contributed by atoms with Gasteiger partial charge in [-0.2, -0.15) is 0 Å². The fourth-order valence-electron chi connectivity index (χ4n) is 7.16. The van der Waals surface area contributed by atoms with Gasteiger partial charge in [0.15, 0.2) is 11.5 Å². The van der Waals surface area contributed by atoms with E-state index in [1.54, 1.807) is 6.92 Å². The van der Waals surface area contributed by atoms with E-state index in [1.807, 2.05) is 0 Å². The number of carbonyl (C=O) groups is 2. The highest BCUT2D eigenvalue weighted by molar-refractivity contribution is 6.25. The van der Waals surface area contributed by atoms with E-state index in [2.05, 4.69) is 15.1 Å². The van der Waals surface area contributed by atoms with Gasteiger partial charge in [0, 0.05) is 47.3 Å². The van der Waals surface area contributed by atoms with E-state index in [1.165, 1.54) is 7.11 Å². The maximum absolute atomic E-state index is 13.5. The van der Waals surface area contributed by atoms with E-state index in [0.717, 1.165) is 13.0 Å². The number of methoxy groups -OCH3 is 1. The quantitative estimate of drug-likeness (QED) is 0.586. The summed E-state index contributed by atoms with van der Waals surface area (Å²) in [6.07, 6.45) is 0.967. The number of rotatable bonds is 1. The Balaban J connectivity index is 1.48. The van der Waals surface area contributed by atoms with Crippen molar-refractivity contribution in [2.24, 2.45) is 5.92 Å². The highest BCUT2D eigenvalue weighted by Gasteiger charge is 2.69. The molecule has 6 aliphatic heterocycles. The minimum Gasteiger partial charge on any atom is -0.492 e. The van der Waals surface area contributed by atoms with E-state index in [9.17, 15) is 9.59 Å². The van der Waals surface area contributed by atoms with Crippen LogP contribution >= 0.6 is 0 Å². The normalized spacial score (nSPS) is 49.1. The minimum atomic E-state index is -0.165. The first-order valence-corrected chi connectivity index (χ1v) is 10.2. The molecule has 7 rings (SSSR count). The van der Waals surface area contributed by atoms with Crippen molar-refractivity contribution in [3.05, 3.63) is 22.5 Å². The predicted octanol–water partition coefficient (Wildman–Crippen LogP) is -0.835. The second-order valence-corrected chi connectivity index (χ2v) is 8.96. The third-order valence-electron chi connectivity index (χ3n) is 8.04. The molecular weight excluding hydrogens is 362 g/mol.